The van der Waals surface area contributed by atoms with Crippen LogP contribution in [0.4, 0.5) is 27.5 Å². The summed E-state index contributed by atoms with van der Waals surface area (Å²) < 4.78 is 0. The predicted molar refractivity (Wildman–Crippen MR) is 232 cm³/mol. The lowest BCUT2D eigenvalue weighted by Crippen LogP contribution is -2.63. The molecule has 0 saturated carbocycles. The van der Waals surface area contributed by atoms with Gasteiger partial charge in [-0.1, -0.05) is 11.6 Å². The van der Waals surface area contributed by atoms with Crippen LogP contribution in [-0.2, 0) is 4.79 Å². The Labute approximate surface area is 353 Å². The number of halogens is 1. The van der Waals surface area contributed by atoms with Crippen molar-refractivity contribution in [3.63, 3.8) is 0 Å². The van der Waals surface area contributed by atoms with E-state index in [1.54, 1.807) is 4.90 Å². The SMILES string of the molecule is C[C@@H]1CC2(CCN(c3ccc(C(=O)N4CCC(CN5CC(N6CCN(c7ccc(N8CCC(=O)NC8=O)cc7)CC6)C5)CC4)cc3)CC2)CN1c1ccc(C#N)c(Cl)c1. The molecule has 9 rings (SSSR count). The monoisotopic (exact) mass is 817 g/mol. The average Bonchev–Trinajstić information content (AvgIpc) is 3.57. The third kappa shape index (κ3) is 8.34. The molecule has 1 spiro atoms. The number of nitrogens with one attached hydrogen (secondary N) is 1. The molecular weight excluding hydrogens is 762 g/mol. The summed E-state index contributed by atoms with van der Waals surface area (Å²) in [5.74, 6) is 0.576. The maximum absolute atomic E-state index is 13.6. The molecule has 6 aliphatic heterocycles. The van der Waals surface area contributed by atoms with Gasteiger partial charge in [0.05, 0.1) is 10.6 Å². The number of rotatable bonds is 8. The highest BCUT2D eigenvalue weighted by molar-refractivity contribution is 6.32. The fourth-order valence-corrected chi connectivity index (χ4v) is 10.9. The van der Waals surface area contributed by atoms with Gasteiger partial charge >= 0.3 is 6.03 Å². The van der Waals surface area contributed by atoms with E-state index in [-0.39, 0.29) is 23.3 Å². The summed E-state index contributed by atoms with van der Waals surface area (Å²) in [5.41, 5.74) is 5.88. The van der Waals surface area contributed by atoms with Crippen LogP contribution in [0.5, 0.6) is 0 Å². The highest BCUT2D eigenvalue weighted by Gasteiger charge is 2.44. The van der Waals surface area contributed by atoms with Crippen molar-refractivity contribution >= 4 is 52.2 Å². The Morgan fingerprint density at radius 3 is 2.08 bits per heavy atom. The maximum atomic E-state index is 13.6. The number of piperazine rings is 1. The quantitative estimate of drug-likeness (QED) is 0.297. The van der Waals surface area contributed by atoms with Gasteiger partial charge in [-0.05, 0) is 117 Å². The standard InChI is InChI=1S/C46H56ClN9O3/c1-33-27-46(32-56(33)40-7-4-36(28-48)42(47)26-40)15-20-51(21-16-46)37-5-2-35(3-6-37)44(58)54-17-12-34(13-18-54)29-50-30-41(31-50)53-24-22-52(23-25-53)38-8-10-39(11-9-38)55-19-14-43(57)49-45(55)59/h2-11,26,33-34,41H,12-25,27,29-32H2,1H3,(H,49,57,59)/t33-/m1/s1. The summed E-state index contributed by atoms with van der Waals surface area (Å²) in [6, 6.07) is 25.1. The number of amides is 4. The molecule has 59 heavy (non-hydrogen) atoms. The Kier molecular flexibility index (Phi) is 11.2. The second kappa shape index (κ2) is 16.7. The van der Waals surface area contributed by atoms with Crippen molar-refractivity contribution in [2.24, 2.45) is 11.3 Å². The fraction of sp³-hybridized carbons (Fsp3) is 0.522. The molecule has 0 aliphatic carbocycles. The van der Waals surface area contributed by atoms with E-state index in [1.807, 2.05) is 42.5 Å². The molecule has 310 valence electrons. The fourth-order valence-electron chi connectivity index (χ4n) is 10.6. The lowest BCUT2D eigenvalue weighted by molar-refractivity contribution is -0.120. The van der Waals surface area contributed by atoms with E-state index in [4.69, 9.17) is 11.6 Å². The number of anilines is 4. The van der Waals surface area contributed by atoms with E-state index in [0.29, 0.717) is 41.6 Å². The Balaban J connectivity index is 0.675. The van der Waals surface area contributed by atoms with Gasteiger partial charge in [0.15, 0.2) is 0 Å². The number of piperidine rings is 2. The first kappa shape index (κ1) is 39.6. The van der Waals surface area contributed by atoms with Gasteiger partial charge < -0.3 is 19.6 Å². The topological polar surface area (TPSA) is 110 Å². The highest BCUT2D eigenvalue weighted by Crippen LogP contribution is 2.46. The van der Waals surface area contributed by atoms with Crippen LogP contribution in [0.25, 0.3) is 0 Å². The summed E-state index contributed by atoms with van der Waals surface area (Å²) in [6.45, 7) is 14.9. The molecule has 6 fully saturated rings. The number of nitriles is 1. The predicted octanol–water partition coefficient (Wildman–Crippen LogP) is 5.90. The molecule has 0 aromatic heterocycles. The molecular formula is C46H56ClN9O3. The minimum absolute atomic E-state index is 0.154. The van der Waals surface area contributed by atoms with Crippen LogP contribution >= 0.6 is 11.6 Å². The molecule has 6 heterocycles. The summed E-state index contributed by atoms with van der Waals surface area (Å²) in [7, 11) is 0. The van der Waals surface area contributed by atoms with Gasteiger partial charge in [-0.15, -0.1) is 0 Å². The van der Waals surface area contributed by atoms with E-state index in [9.17, 15) is 19.6 Å². The van der Waals surface area contributed by atoms with Gasteiger partial charge in [-0.25, -0.2) is 4.79 Å². The molecule has 12 nitrogen and oxygen atoms in total. The van der Waals surface area contributed by atoms with Crippen LogP contribution in [0.3, 0.4) is 0 Å². The number of hydrogen-bond acceptors (Lipinski definition) is 9. The Hall–Kier alpha value is -4.83. The number of carbonyl (C=O) groups excluding carboxylic acids is 3. The minimum atomic E-state index is -0.348. The highest BCUT2D eigenvalue weighted by atomic mass is 35.5. The number of nitrogens with zero attached hydrogens (tertiary/aromatic N) is 8. The van der Waals surface area contributed by atoms with Crippen LogP contribution in [0.1, 0.15) is 61.4 Å². The van der Waals surface area contributed by atoms with Crippen LogP contribution in [0.2, 0.25) is 5.02 Å². The maximum Gasteiger partial charge on any atom is 0.328 e. The summed E-state index contributed by atoms with van der Waals surface area (Å²) in [6.07, 6.45) is 5.88. The van der Waals surface area contributed by atoms with Gasteiger partial charge in [0.1, 0.15) is 6.07 Å². The molecule has 0 radical (unpaired) electrons. The van der Waals surface area contributed by atoms with E-state index in [0.717, 1.165) is 128 Å². The molecule has 3 aromatic carbocycles. The van der Waals surface area contributed by atoms with Gasteiger partial charge in [-0.3, -0.25) is 29.6 Å². The zero-order valence-corrected chi connectivity index (χ0v) is 35.0. The van der Waals surface area contributed by atoms with Gasteiger partial charge in [0, 0.05) is 132 Å². The Morgan fingerprint density at radius 2 is 1.44 bits per heavy atom. The number of hydrogen-bond donors (Lipinski definition) is 1. The van der Waals surface area contributed by atoms with Crippen molar-refractivity contribution in [3.05, 3.63) is 82.9 Å². The molecule has 6 saturated heterocycles. The van der Waals surface area contributed by atoms with E-state index >= 15 is 0 Å². The minimum Gasteiger partial charge on any atom is -0.371 e. The Morgan fingerprint density at radius 1 is 0.814 bits per heavy atom. The molecule has 4 amide bonds. The smallest absolute Gasteiger partial charge is 0.328 e. The molecule has 13 heteroatoms. The van der Waals surface area contributed by atoms with Gasteiger partial charge in [-0.2, -0.15) is 5.26 Å². The largest absolute Gasteiger partial charge is 0.371 e. The van der Waals surface area contributed by atoms with Crippen molar-refractivity contribution in [1.82, 2.24) is 20.0 Å². The first-order chi connectivity index (χ1) is 28.6. The van der Waals surface area contributed by atoms with E-state index in [2.05, 4.69) is 72.0 Å². The number of imide groups is 1. The zero-order chi connectivity index (χ0) is 40.7. The van der Waals surface area contributed by atoms with Crippen LogP contribution in [0, 0.1) is 22.7 Å². The van der Waals surface area contributed by atoms with Crippen LogP contribution in [0.15, 0.2) is 66.7 Å². The zero-order valence-electron chi connectivity index (χ0n) is 34.2. The lowest BCUT2D eigenvalue weighted by atomic mass is 9.76. The van der Waals surface area contributed by atoms with Crippen molar-refractivity contribution in [1.29, 1.82) is 5.26 Å². The van der Waals surface area contributed by atoms with Crippen molar-refractivity contribution < 1.29 is 14.4 Å². The molecule has 3 aromatic rings. The molecule has 6 aliphatic rings. The van der Waals surface area contributed by atoms with E-state index < -0.39 is 0 Å². The number of likely N-dealkylation sites (tertiary alicyclic amines) is 2. The van der Waals surface area contributed by atoms with Crippen LogP contribution < -0.4 is 24.9 Å². The molecule has 1 atom stereocenters. The first-order valence-electron chi connectivity index (χ1n) is 21.7. The van der Waals surface area contributed by atoms with Gasteiger partial charge in [0.2, 0.25) is 5.91 Å². The first-order valence-corrected chi connectivity index (χ1v) is 22.0. The summed E-state index contributed by atoms with van der Waals surface area (Å²) in [4.78, 5) is 53.6. The number of urea groups is 1. The molecule has 0 unspecified atom stereocenters. The Bertz CT molecular complexity index is 2060. The third-order valence-corrected chi connectivity index (χ3v) is 14.6. The van der Waals surface area contributed by atoms with Crippen molar-refractivity contribution in [2.45, 2.75) is 57.5 Å². The number of carbonyl (C=O) groups is 3. The van der Waals surface area contributed by atoms with Crippen LogP contribution in [-0.4, -0.2) is 130 Å². The van der Waals surface area contributed by atoms with E-state index in [1.165, 1.54) is 11.4 Å². The second-order valence-electron chi connectivity index (χ2n) is 17.9. The average molecular weight is 818 g/mol. The lowest BCUT2D eigenvalue weighted by Gasteiger charge is -2.49. The van der Waals surface area contributed by atoms with Crippen molar-refractivity contribution in [3.8, 4) is 6.07 Å². The normalized spacial score (nSPS) is 23.4. The van der Waals surface area contributed by atoms with Crippen molar-refractivity contribution in [2.75, 3.05) is 105 Å². The number of benzene rings is 3. The molecule has 0 bridgehead atoms. The summed E-state index contributed by atoms with van der Waals surface area (Å²) in [5, 5.41) is 12.2. The summed E-state index contributed by atoms with van der Waals surface area (Å²) >= 11 is 6.39. The molecule has 1 N–H and O–H groups in total. The van der Waals surface area contributed by atoms with Gasteiger partial charge in [0.25, 0.3) is 5.91 Å². The second-order valence-corrected chi connectivity index (χ2v) is 18.3. The third-order valence-electron chi connectivity index (χ3n) is 14.2.